The second-order valence-electron chi connectivity index (χ2n) is 8.15. The molecule has 5 rings (SSSR count). The molecular formula is C22H26N4OS. The minimum atomic E-state index is 0.108. The molecule has 2 fully saturated rings. The van der Waals surface area contributed by atoms with Crippen molar-refractivity contribution in [1.82, 2.24) is 19.7 Å². The predicted molar refractivity (Wildman–Crippen MR) is 110 cm³/mol. The lowest BCUT2D eigenvalue weighted by atomic mass is 9.77. The van der Waals surface area contributed by atoms with E-state index in [2.05, 4.69) is 50.3 Å². The summed E-state index contributed by atoms with van der Waals surface area (Å²) in [6.45, 7) is 5.51. The topological polar surface area (TPSA) is 43.2 Å². The molecule has 0 unspecified atom stereocenters. The summed E-state index contributed by atoms with van der Waals surface area (Å²) in [5, 5.41) is 6.80. The summed E-state index contributed by atoms with van der Waals surface area (Å²) in [7, 11) is 0. The van der Waals surface area contributed by atoms with Crippen LogP contribution in [0.15, 0.2) is 54.3 Å². The smallest absolute Gasteiger partial charge is 0.213 e. The van der Waals surface area contributed by atoms with Crippen LogP contribution in [0.5, 0.6) is 5.88 Å². The lowest BCUT2D eigenvalue weighted by molar-refractivity contribution is 0.0459. The lowest BCUT2D eigenvalue weighted by Gasteiger charge is -2.37. The van der Waals surface area contributed by atoms with E-state index in [1.165, 1.54) is 17.0 Å². The molecule has 0 aromatic carbocycles. The van der Waals surface area contributed by atoms with Gasteiger partial charge >= 0.3 is 0 Å². The zero-order valence-electron chi connectivity index (χ0n) is 16.1. The molecule has 4 heterocycles. The molecule has 1 aliphatic heterocycles. The van der Waals surface area contributed by atoms with Crippen LogP contribution in [0.25, 0.3) is 0 Å². The first kappa shape index (κ1) is 17.9. The summed E-state index contributed by atoms with van der Waals surface area (Å²) in [6.07, 6.45) is 8.18. The van der Waals surface area contributed by atoms with Crippen LogP contribution in [-0.2, 0) is 6.54 Å². The third-order valence-electron chi connectivity index (χ3n) is 6.10. The summed E-state index contributed by atoms with van der Waals surface area (Å²) < 4.78 is 8.52. The van der Waals surface area contributed by atoms with Crippen molar-refractivity contribution in [2.45, 2.75) is 38.5 Å². The molecule has 146 valence electrons. The van der Waals surface area contributed by atoms with Gasteiger partial charge in [-0.15, -0.1) is 11.3 Å². The fourth-order valence-corrected chi connectivity index (χ4v) is 5.58. The highest BCUT2D eigenvalue weighted by molar-refractivity contribution is 7.09. The summed E-state index contributed by atoms with van der Waals surface area (Å²) in [5.41, 5.74) is 1.20. The Labute approximate surface area is 170 Å². The van der Waals surface area contributed by atoms with E-state index in [1.54, 1.807) is 6.20 Å². The van der Waals surface area contributed by atoms with Gasteiger partial charge in [0.25, 0.3) is 0 Å². The first-order chi connectivity index (χ1) is 13.7. The van der Waals surface area contributed by atoms with Gasteiger partial charge in [0.1, 0.15) is 6.10 Å². The quantitative estimate of drug-likeness (QED) is 0.651. The maximum Gasteiger partial charge on any atom is 0.213 e. The van der Waals surface area contributed by atoms with Gasteiger partial charge < -0.3 is 4.74 Å². The third-order valence-corrected chi connectivity index (χ3v) is 6.96. The van der Waals surface area contributed by atoms with Gasteiger partial charge in [0, 0.05) is 43.0 Å². The summed E-state index contributed by atoms with van der Waals surface area (Å²) in [6, 6.07) is 10.5. The van der Waals surface area contributed by atoms with Crippen molar-refractivity contribution in [1.29, 1.82) is 0 Å². The molecule has 4 atom stereocenters. The molecule has 2 aliphatic rings. The van der Waals surface area contributed by atoms with Gasteiger partial charge in [-0.3, -0.25) is 9.58 Å². The van der Waals surface area contributed by atoms with Gasteiger partial charge in [0.15, 0.2) is 0 Å². The average Bonchev–Trinajstić information content (AvgIpc) is 3.43. The van der Waals surface area contributed by atoms with E-state index in [4.69, 9.17) is 4.74 Å². The van der Waals surface area contributed by atoms with Crippen molar-refractivity contribution < 1.29 is 4.74 Å². The van der Waals surface area contributed by atoms with E-state index in [-0.39, 0.29) is 12.1 Å². The van der Waals surface area contributed by atoms with Crippen LogP contribution in [0.1, 0.15) is 29.3 Å². The van der Waals surface area contributed by atoms with Gasteiger partial charge in [0.05, 0.1) is 12.2 Å². The molecule has 0 bridgehead atoms. The molecule has 5 nitrogen and oxygen atoms in total. The van der Waals surface area contributed by atoms with Gasteiger partial charge in [-0.1, -0.05) is 12.1 Å². The molecule has 0 amide bonds. The SMILES string of the molecule is Cc1cnn([C@H]2C[C@H]3CN(Cc4cccs4)C[C@H]3C[C@@H]2Oc2ccccn2)c1. The van der Waals surface area contributed by atoms with Crippen LogP contribution in [0, 0.1) is 18.8 Å². The molecule has 28 heavy (non-hydrogen) atoms. The van der Waals surface area contributed by atoms with Crippen molar-refractivity contribution in [2.24, 2.45) is 11.8 Å². The Morgan fingerprint density at radius 1 is 1.14 bits per heavy atom. The molecule has 6 heteroatoms. The monoisotopic (exact) mass is 394 g/mol. The number of likely N-dealkylation sites (tertiary alicyclic amines) is 1. The Hall–Kier alpha value is -2.18. The minimum Gasteiger partial charge on any atom is -0.472 e. The first-order valence-electron chi connectivity index (χ1n) is 10.1. The number of aromatic nitrogens is 3. The van der Waals surface area contributed by atoms with Crippen LogP contribution < -0.4 is 4.74 Å². The molecule has 1 saturated heterocycles. The molecule has 1 aliphatic carbocycles. The molecule has 0 N–H and O–H groups in total. The van der Waals surface area contributed by atoms with E-state index in [1.807, 2.05) is 35.7 Å². The number of fused-ring (bicyclic) bond motifs is 1. The van der Waals surface area contributed by atoms with Crippen LogP contribution in [-0.4, -0.2) is 38.9 Å². The second-order valence-corrected chi connectivity index (χ2v) is 9.19. The summed E-state index contributed by atoms with van der Waals surface area (Å²) in [4.78, 5) is 8.47. The number of hydrogen-bond donors (Lipinski definition) is 0. The molecule has 0 spiro atoms. The van der Waals surface area contributed by atoms with Crippen LogP contribution in [0.3, 0.4) is 0 Å². The molecule has 1 saturated carbocycles. The van der Waals surface area contributed by atoms with Crippen molar-refractivity contribution in [3.63, 3.8) is 0 Å². The van der Waals surface area contributed by atoms with Gasteiger partial charge in [0.2, 0.25) is 5.88 Å². The Morgan fingerprint density at radius 3 is 2.75 bits per heavy atom. The largest absolute Gasteiger partial charge is 0.472 e. The lowest BCUT2D eigenvalue weighted by Crippen LogP contribution is -2.40. The Bertz CT molecular complexity index is 894. The number of pyridine rings is 1. The van der Waals surface area contributed by atoms with Crippen molar-refractivity contribution in [2.75, 3.05) is 13.1 Å². The molecule has 3 aromatic heterocycles. The van der Waals surface area contributed by atoms with Gasteiger partial charge in [-0.05, 0) is 54.7 Å². The highest BCUT2D eigenvalue weighted by Gasteiger charge is 2.44. The Kier molecular flexibility index (Phi) is 4.91. The fraction of sp³-hybridized carbons (Fsp3) is 0.455. The number of thiophene rings is 1. The fourth-order valence-electron chi connectivity index (χ4n) is 4.83. The van der Waals surface area contributed by atoms with Crippen LogP contribution in [0.2, 0.25) is 0 Å². The van der Waals surface area contributed by atoms with Gasteiger partial charge in [-0.25, -0.2) is 4.98 Å². The second kappa shape index (κ2) is 7.68. The van der Waals surface area contributed by atoms with Crippen LogP contribution >= 0.6 is 11.3 Å². The van der Waals surface area contributed by atoms with Crippen molar-refractivity contribution in [3.05, 3.63) is 64.7 Å². The first-order valence-corrected chi connectivity index (χ1v) is 11.0. The van der Waals surface area contributed by atoms with E-state index in [0.29, 0.717) is 17.7 Å². The highest BCUT2D eigenvalue weighted by atomic mass is 32.1. The normalized spacial score (nSPS) is 27.6. The molecule has 3 aromatic rings. The highest BCUT2D eigenvalue weighted by Crippen LogP contribution is 2.43. The van der Waals surface area contributed by atoms with E-state index >= 15 is 0 Å². The number of hydrogen-bond acceptors (Lipinski definition) is 5. The van der Waals surface area contributed by atoms with Crippen molar-refractivity contribution in [3.8, 4) is 5.88 Å². The predicted octanol–water partition coefficient (Wildman–Crippen LogP) is 4.18. The summed E-state index contributed by atoms with van der Waals surface area (Å²) in [5.74, 6) is 2.10. The number of ether oxygens (including phenoxy) is 1. The third kappa shape index (κ3) is 3.71. The van der Waals surface area contributed by atoms with E-state index in [9.17, 15) is 0 Å². The summed E-state index contributed by atoms with van der Waals surface area (Å²) >= 11 is 1.86. The number of rotatable bonds is 5. The van der Waals surface area contributed by atoms with E-state index in [0.717, 1.165) is 25.9 Å². The van der Waals surface area contributed by atoms with Crippen molar-refractivity contribution >= 4 is 11.3 Å². The number of aryl methyl sites for hydroxylation is 1. The zero-order chi connectivity index (χ0) is 18.9. The standard InChI is InChI=1S/C22H26N4OS/c1-16-11-24-26(12-16)20-9-17-13-25(15-19-5-4-8-28-19)14-18(17)10-21(20)27-22-6-2-3-7-23-22/h2-8,11-12,17-18,20-21H,9-10,13-15H2,1H3/t17-,18+,20-,21-/m0/s1. The van der Waals surface area contributed by atoms with E-state index < -0.39 is 0 Å². The molecule has 0 radical (unpaired) electrons. The average molecular weight is 395 g/mol. The maximum absolute atomic E-state index is 6.39. The number of nitrogens with zero attached hydrogens (tertiary/aromatic N) is 4. The minimum absolute atomic E-state index is 0.108. The Morgan fingerprint density at radius 2 is 2.04 bits per heavy atom. The Balaban J connectivity index is 1.35. The van der Waals surface area contributed by atoms with Crippen LogP contribution in [0.4, 0.5) is 0 Å². The maximum atomic E-state index is 6.39. The zero-order valence-corrected chi connectivity index (χ0v) is 17.0. The molecular weight excluding hydrogens is 368 g/mol. The van der Waals surface area contributed by atoms with Gasteiger partial charge in [-0.2, -0.15) is 5.10 Å².